The van der Waals surface area contributed by atoms with Crippen LogP contribution in [-0.2, 0) is 24.2 Å². The molecule has 1 aromatic carbocycles. The van der Waals surface area contributed by atoms with Crippen molar-refractivity contribution in [2.45, 2.75) is 33.2 Å². The third kappa shape index (κ3) is 2.86. The molecule has 128 valence electrons. The first-order valence-corrected chi connectivity index (χ1v) is 8.47. The molecule has 0 unspecified atom stereocenters. The molecule has 1 aliphatic heterocycles. The van der Waals surface area contributed by atoms with Gasteiger partial charge in [-0.05, 0) is 48.6 Å². The first-order valence-electron chi connectivity index (χ1n) is 8.47. The quantitative estimate of drug-likeness (QED) is 0.782. The molecule has 25 heavy (non-hydrogen) atoms. The second-order valence-electron chi connectivity index (χ2n) is 6.81. The minimum absolute atomic E-state index is 0.0829. The fourth-order valence-corrected chi connectivity index (χ4v) is 3.71. The third-order valence-corrected chi connectivity index (χ3v) is 4.91. The summed E-state index contributed by atoms with van der Waals surface area (Å²) in [5.74, 6) is 0.0829. The summed E-state index contributed by atoms with van der Waals surface area (Å²) in [7, 11) is 0. The highest BCUT2D eigenvalue weighted by Crippen LogP contribution is 2.27. The Morgan fingerprint density at radius 2 is 2.08 bits per heavy atom. The summed E-state index contributed by atoms with van der Waals surface area (Å²) in [6.45, 7) is 5.27. The molecule has 2 aromatic heterocycles. The smallest absolute Gasteiger partial charge is 0.248 e. The summed E-state index contributed by atoms with van der Waals surface area (Å²) in [4.78, 5) is 28.7. The SMILES string of the molecule is Cc1cc(C)c2c(CC(=O)N3CCc4cc(=O)[nH]cc4C3)coc2c1. The van der Waals surface area contributed by atoms with Gasteiger partial charge in [0, 0.05) is 36.3 Å². The summed E-state index contributed by atoms with van der Waals surface area (Å²) >= 11 is 0. The van der Waals surface area contributed by atoms with E-state index in [-0.39, 0.29) is 11.5 Å². The van der Waals surface area contributed by atoms with E-state index < -0.39 is 0 Å². The van der Waals surface area contributed by atoms with E-state index in [4.69, 9.17) is 4.42 Å². The molecule has 0 fully saturated rings. The van der Waals surface area contributed by atoms with E-state index in [0.717, 1.165) is 45.2 Å². The fourth-order valence-electron chi connectivity index (χ4n) is 3.71. The Labute approximate surface area is 145 Å². The molecule has 0 aliphatic carbocycles. The number of carbonyl (C=O) groups excluding carboxylic acids is 1. The Bertz CT molecular complexity index is 1030. The number of benzene rings is 1. The zero-order valence-electron chi connectivity index (χ0n) is 14.4. The fraction of sp³-hybridized carbons (Fsp3) is 0.300. The molecule has 4 rings (SSSR count). The molecule has 0 spiro atoms. The number of hydrogen-bond donors (Lipinski definition) is 1. The molecule has 5 heteroatoms. The van der Waals surface area contributed by atoms with E-state index in [9.17, 15) is 9.59 Å². The van der Waals surface area contributed by atoms with Gasteiger partial charge in [-0.1, -0.05) is 6.07 Å². The van der Waals surface area contributed by atoms with Gasteiger partial charge in [-0.25, -0.2) is 0 Å². The summed E-state index contributed by atoms with van der Waals surface area (Å²) in [5.41, 5.74) is 6.02. The number of aromatic nitrogens is 1. The van der Waals surface area contributed by atoms with Crippen molar-refractivity contribution < 1.29 is 9.21 Å². The van der Waals surface area contributed by atoms with Gasteiger partial charge >= 0.3 is 0 Å². The number of nitrogens with one attached hydrogen (secondary N) is 1. The van der Waals surface area contributed by atoms with Crippen LogP contribution in [0.1, 0.15) is 27.8 Å². The number of H-pyrrole nitrogens is 1. The van der Waals surface area contributed by atoms with Gasteiger partial charge in [0.2, 0.25) is 11.5 Å². The van der Waals surface area contributed by atoms with E-state index in [1.165, 1.54) is 0 Å². The lowest BCUT2D eigenvalue weighted by Gasteiger charge is -2.28. The number of nitrogens with zero attached hydrogens (tertiary/aromatic N) is 1. The van der Waals surface area contributed by atoms with E-state index in [1.54, 1.807) is 18.5 Å². The topological polar surface area (TPSA) is 66.3 Å². The molecule has 0 radical (unpaired) electrons. The first kappa shape index (κ1) is 15.7. The zero-order chi connectivity index (χ0) is 17.6. The summed E-state index contributed by atoms with van der Waals surface area (Å²) < 4.78 is 5.66. The predicted octanol–water partition coefficient (Wildman–Crippen LogP) is 2.87. The number of fused-ring (bicyclic) bond motifs is 2. The molecule has 1 amide bonds. The monoisotopic (exact) mass is 336 g/mol. The summed E-state index contributed by atoms with van der Waals surface area (Å²) in [5, 5.41) is 1.04. The Hall–Kier alpha value is -2.82. The molecular weight excluding hydrogens is 316 g/mol. The standard InChI is InChI=1S/C20H20N2O3/c1-12-5-13(2)20-15(11-25-17(20)6-12)8-19(24)22-4-3-14-7-18(23)21-9-16(14)10-22/h5-7,9,11H,3-4,8,10H2,1-2H3,(H,21,23). The largest absolute Gasteiger partial charge is 0.464 e. The second-order valence-corrected chi connectivity index (χ2v) is 6.81. The Kier molecular flexibility index (Phi) is 3.71. The van der Waals surface area contributed by atoms with Gasteiger partial charge in [-0.15, -0.1) is 0 Å². The zero-order valence-corrected chi connectivity index (χ0v) is 14.4. The van der Waals surface area contributed by atoms with Crippen LogP contribution in [0.15, 0.2) is 39.9 Å². The average Bonchev–Trinajstić information content (AvgIpc) is 2.97. The van der Waals surface area contributed by atoms with Gasteiger partial charge in [-0.2, -0.15) is 0 Å². The number of carbonyl (C=O) groups is 1. The minimum atomic E-state index is -0.0887. The Morgan fingerprint density at radius 1 is 1.24 bits per heavy atom. The van der Waals surface area contributed by atoms with Gasteiger partial charge in [-0.3, -0.25) is 9.59 Å². The van der Waals surface area contributed by atoms with Crippen molar-refractivity contribution in [1.29, 1.82) is 0 Å². The molecule has 1 aliphatic rings. The van der Waals surface area contributed by atoms with Gasteiger partial charge < -0.3 is 14.3 Å². The summed E-state index contributed by atoms with van der Waals surface area (Å²) in [6, 6.07) is 5.75. The van der Waals surface area contributed by atoms with Crippen molar-refractivity contribution in [3.63, 3.8) is 0 Å². The van der Waals surface area contributed by atoms with Crippen LogP contribution in [0.2, 0.25) is 0 Å². The Morgan fingerprint density at radius 3 is 2.92 bits per heavy atom. The van der Waals surface area contributed by atoms with Crippen molar-refractivity contribution in [3.8, 4) is 0 Å². The van der Waals surface area contributed by atoms with Gasteiger partial charge in [0.1, 0.15) is 5.58 Å². The van der Waals surface area contributed by atoms with Crippen LogP contribution in [0.25, 0.3) is 11.0 Å². The average molecular weight is 336 g/mol. The number of furan rings is 1. The van der Waals surface area contributed by atoms with E-state index in [2.05, 4.69) is 11.1 Å². The maximum absolute atomic E-state index is 12.8. The van der Waals surface area contributed by atoms with Crippen molar-refractivity contribution in [3.05, 3.63) is 68.8 Å². The second kappa shape index (κ2) is 5.92. The van der Waals surface area contributed by atoms with Gasteiger partial charge in [0.25, 0.3) is 0 Å². The van der Waals surface area contributed by atoms with Crippen LogP contribution >= 0.6 is 0 Å². The number of amides is 1. The summed E-state index contributed by atoms with van der Waals surface area (Å²) in [6.07, 6.45) is 4.46. The molecule has 0 saturated carbocycles. The number of rotatable bonds is 2. The number of aromatic amines is 1. The third-order valence-electron chi connectivity index (χ3n) is 4.91. The molecule has 0 saturated heterocycles. The Balaban J connectivity index is 1.57. The van der Waals surface area contributed by atoms with E-state index in [1.807, 2.05) is 24.8 Å². The van der Waals surface area contributed by atoms with Crippen LogP contribution in [0.5, 0.6) is 0 Å². The molecular formula is C20H20N2O3. The van der Waals surface area contributed by atoms with Gasteiger partial charge in [0.15, 0.2) is 0 Å². The first-order chi connectivity index (χ1) is 12.0. The lowest BCUT2D eigenvalue weighted by Crippen LogP contribution is -2.37. The van der Waals surface area contributed by atoms with Crippen LogP contribution in [0, 0.1) is 13.8 Å². The highest BCUT2D eigenvalue weighted by atomic mass is 16.3. The maximum atomic E-state index is 12.8. The van der Waals surface area contributed by atoms with Crippen molar-refractivity contribution >= 4 is 16.9 Å². The molecule has 3 heterocycles. The van der Waals surface area contributed by atoms with Crippen LogP contribution < -0.4 is 5.56 Å². The lowest BCUT2D eigenvalue weighted by molar-refractivity contribution is -0.131. The molecule has 0 bridgehead atoms. The van der Waals surface area contributed by atoms with E-state index in [0.29, 0.717) is 19.5 Å². The molecule has 1 N–H and O–H groups in total. The number of hydrogen-bond acceptors (Lipinski definition) is 3. The van der Waals surface area contributed by atoms with Crippen molar-refractivity contribution in [2.24, 2.45) is 0 Å². The van der Waals surface area contributed by atoms with Crippen LogP contribution in [0.4, 0.5) is 0 Å². The molecule has 5 nitrogen and oxygen atoms in total. The minimum Gasteiger partial charge on any atom is -0.464 e. The highest BCUT2D eigenvalue weighted by molar-refractivity contribution is 5.90. The highest BCUT2D eigenvalue weighted by Gasteiger charge is 2.22. The molecule has 3 aromatic rings. The van der Waals surface area contributed by atoms with Crippen LogP contribution in [-0.4, -0.2) is 22.3 Å². The lowest BCUT2D eigenvalue weighted by atomic mass is 10.00. The van der Waals surface area contributed by atoms with E-state index >= 15 is 0 Å². The maximum Gasteiger partial charge on any atom is 0.248 e. The predicted molar refractivity (Wildman–Crippen MR) is 95.6 cm³/mol. The van der Waals surface area contributed by atoms with Crippen molar-refractivity contribution in [2.75, 3.05) is 6.54 Å². The van der Waals surface area contributed by atoms with Gasteiger partial charge in [0.05, 0.1) is 12.7 Å². The number of aryl methyl sites for hydroxylation is 2. The normalized spacial score (nSPS) is 13.9. The van der Waals surface area contributed by atoms with Crippen molar-refractivity contribution in [1.82, 2.24) is 9.88 Å². The molecule has 0 atom stereocenters. The number of pyridine rings is 1. The van der Waals surface area contributed by atoms with Crippen LogP contribution in [0.3, 0.4) is 0 Å².